The largest absolute Gasteiger partial charge is 0.481 e. The third-order valence-electron chi connectivity index (χ3n) is 2.61. The Labute approximate surface area is 121 Å². The zero-order valence-electron chi connectivity index (χ0n) is 11.4. The molecule has 0 aliphatic carbocycles. The Morgan fingerprint density at radius 3 is 3.00 bits per heavy atom. The number of methoxy groups -OCH3 is 1. The van der Waals surface area contributed by atoms with E-state index in [1.54, 1.807) is 25.6 Å². The van der Waals surface area contributed by atoms with Crippen molar-refractivity contribution < 1.29 is 9.53 Å². The van der Waals surface area contributed by atoms with Gasteiger partial charge in [-0.25, -0.2) is 9.97 Å². The van der Waals surface area contributed by atoms with E-state index in [0.717, 1.165) is 10.7 Å². The number of thioether (sulfide) groups is 1. The number of hydrogen-bond acceptors (Lipinski definition) is 5. The summed E-state index contributed by atoms with van der Waals surface area (Å²) in [7, 11) is 3.46. The van der Waals surface area contributed by atoms with Gasteiger partial charge in [-0.05, 0) is 11.6 Å². The number of aryl methyl sites for hydroxylation is 1. The highest BCUT2D eigenvalue weighted by Crippen LogP contribution is 2.14. The standard InChI is InChI=1S/C13H16N4O2S/c1-17-6-5-15-13(17)20-9-11(18)16-8-10-3-4-14-12(7-10)19-2/h3-7H,8-9H2,1-2H3,(H,16,18). The predicted molar refractivity (Wildman–Crippen MR) is 76.6 cm³/mol. The van der Waals surface area contributed by atoms with E-state index in [2.05, 4.69) is 15.3 Å². The highest BCUT2D eigenvalue weighted by molar-refractivity contribution is 7.99. The third kappa shape index (κ3) is 3.99. The smallest absolute Gasteiger partial charge is 0.230 e. The first-order valence-electron chi connectivity index (χ1n) is 6.05. The lowest BCUT2D eigenvalue weighted by atomic mass is 10.2. The molecule has 1 N–H and O–H groups in total. The van der Waals surface area contributed by atoms with Crippen LogP contribution in [0.25, 0.3) is 0 Å². The molecule has 2 heterocycles. The minimum atomic E-state index is -0.0335. The molecule has 2 aromatic heterocycles. The lowest BCUT2D eigenvalue weighted by molar-refractivity contribution is -0.118. The number of carbonyl (C=O) groups excluding carboxylic acids is 1. The van der Waals surface area contributed by atoms with Crippen molar-refractivity contribution in [3.8, 4) is 5.88 Å². The van der Waals surface area contributed by atoms with Crippen LogP contribution in [0.4, 0.5) is 0 Å². The number of amides is 1. The molecule has 0 fully saturated rings. The number of nitrogens with one attached hydrogen (secondary N) is 1. The first kappa shape index (κ1) is 14.4. The summed E-state index contributed by atoms with van der Waals surface area (Å²) in [5.74, 6) is 0.848. The molecule has 2 rings (SSSR count). The molecule has 0 spiro atoms. The van der Waals surface area contributed by atoms with Gasteiger partial charge in [-0.1, -0.05) is 11.8 Å². The summed E-state index contributed by atoms with van der Waals surface area (Å²) in [6.07, 6.45) is 5.22. The van der Waals surface area contributed by atoms with E-state index in [9.17, 15) is 4.79 Å². The van der Waals surface area contributed by atoms with E-state index in [4.69, 9.17) is 4.74 Å². The Morgan fingerprint density at radius 2 is 2.30 bits per heavy atom. The van der Waals surface area contributed by atoms with E-state index in [-0.39, 0.29) is 5.91 Å². The number of rotatable bonds is 6. The molecule has 6 nitrogen and oxygen atoms in total. The normalized spacial score (nSPS) is 10.3. The van der Waals surface area contributed by atoms with E-state index in [1.165, 1.54) is 11.8 Å². The lowest BCUT2D eigenvalue weighted by Crippen LogP contribution is -2.24. The summed E-state index contributed by atoms with van der Waals surface area (Å²) in [5, 5.41) is 3.68. The SMILES string of the molecule is COc1cc(CNC(=O)CSc2nccn2C)ccn1. The van der Waals surface area contributed by atoms with Gasteiger partial charge < -0.3 is 14.6 Å². The first-order chi connectivity index (χ1) is 9.69. The lowest BCUT2D eigenvalue weighted by Gasteiger charge is -2.06. The molecule has 7 heteroatoms. The fourth-order valence-electron chi connectivity index (χ4n) is 1.54. The Bertz CT molecular complexity index is 585. The monoisotopic (exact) mass is 292 g/mol. The van der Waals surface area contributed by atoms with Gasteiger partial charge in [0.2, 0.25) is 11.8 Å². The average molecular weight is 292 g/mol. The van der Waals surface area contributed by atoms with Gasteiger partial charge in [0, 0.05) is 38.2 Å². The van der Waals surface area contributed by atoms with Crippen LogP contribution in [-0.2, 0) is 18.4 Å². The van der Waals surface area contributed by atoms with Crippen LogP contribution in [0.3, 0.4) is 0 Å². The fourth-order valence-corrected chi connectivity index (χ4v) is 2.31. The molecule has 106 valence electrons. The molecule has 0 bridgehead atoms. The second kappa shape index (κ2) is 6.95. The Kier molecular flexibility index (Phi) is 5.00. The van der Waals surface area contributed by atoms with Gasteiger partial charge in [0.05, 0.1) is 12.9 Å². The van der Waals surface area contributed by atoms with Gasteiger partial charge in [0.15, 0.2) is 5.16 Å². The number of carbonyl (C=O) groups is 1. The number of hydrogen-bond donors (Lipinski definition) is 1. The van der Waals surface area contributed by atoms with E-state index in [1.807, 2.05) is 23.9 Å². The topological polar surface area (TPSA) is 69.0 Å². The minimum Gasteiger partial charge on any atom is -0.481 e. The molecular formula is C13H16N4O2S. The highest BCUT2D eigenvalue weighted by atomic mass is 32.2. The zero-order chi connectivity index (χ0) is 14.4. The number of imidazole rings is 1. The van der Waals surface area contributed by atoms with E-state index >= 15 is 0 Å². The van der Waals surface area contributed by atoms with Crippen LogP contribution in [0.5, 0.6) is 5.88 Å². The summed E-state index contributed by atoms with van der Waals surface area (Å²) in [5.41, 5.74) is 0.951. The van der Waals surface area contributed by atoms with Crippen LogP contribution in [0, 0.1) is 0 Å². The van der Waals surface area contributed by atoms with Crippen molar-refractivity contribution in [3.05, 3.63) is 36.3 Å². The van der Waals surface area contributed by atoms with Crippen molar-refractivity contribution in [2.24, 2.45) is 7.05 Å². The van der Waals surface area contributed by atoms with Gasteiger partial charge in [-0.3, -0.25) is 4.79 Å². The molecule has 20 heavy (non-hydrogen) atoms. The van der Waals surface area contributed by atoms with Gasteiger partial charge in [-0.2, -0.15) is 0 Å². The van der Waals surface area contributed by atoms with Crippen molar-refractivity contribution in [1.29, 1.82) is 0 Å². The molecule has 0 saturated carbocycles. The second-order valence-corrected chi connectivity index (χ2v) is 5.04. The van der Waals surface area contributed by atoms with Crippen molar-refractivity contribution >= 4 is 17.7 Å². The summed E-state index contributed by atoms with van der Waals surface area (Å²) in [6.45, 7) is 0.457. The summed E-state index contributed by atoms with van der Waals surface area (Å²) in [6, 6.07) is 3.64. The molecule has 2 aromatic rings. The maximum atomic E-state index is 11.8. The van der Waals surface area contributed by atoms with Gasteiger partial charge >= 0.3 is 0 Å². The third-order valence-corrected chi connectivity index (χ3v) is 3.67. The van der Waals surface area contributed by atoms with Crippen LogP contribution in [0.1, 0.15) is 5.56 Å². The second-order valence-electron chi connectivity index (χ2n) is 4.09. The minimum absolute atomic E-state index is 0.0335. The molecule has 0 atom stereocenters. The van der Waals surface area contributed by atoms with Crippen molar-refractivity contribution in [1.82, 2.24) is 19.9 Å². The molecule has 0 aliphatic heterocycles. The van der Waals surface area contributed by atoms with E-state index < -0.39 is 0 Å². The maximum absolute atomic E-state index is 11.8. The summed E-state index contributed by atoms with van der Waals surface area (Å²) in [4.78, 5) is 19.9. The van der Waals surface area contributed by atoms with Crippen LogP contribution in [0.15, 0.2) is 35.9 Å². The van der Waals surface area contributed by atoms with E-state index in [0.29, 0.717) is 18.2 Å². The molecule has 0 aromatic carbocycles. The molecule has 0 unspecified atom stereocenters. The van der Waals surface area contributed by atoms with Gasteiger partial charge in [-0.15, -0.1) is 0 Å². The molecule has 0 saturated heterocycles. The number of aromatic nitrogens is 3. The highest BCUT2D eigenvalue weighted by Gasteiger charge is 2.06. The van der Waals surface area contributed by atoms with Crippen LogP contribution in [0.2, 0.25) is 0 Å². The first-order valence-corrected chi connectivity index (χ1v) is 7.03. The van der Waals surface area contributed by atoms with Gasteiger partial charge in [0.1, 0.15) is 0 Å². The Hall–Kier alpha value is -2.02. The molecule has 0 radical (unpaired) electrons. The van der Waals surface area contributed by atoms with Crippen molar-refractivity contribution in [2.75, 3.05) is 12.9 Å². The Morgan fingerprint density at radius 1 is 1.45 bits per heavy atom. The van der Waals surface area contributed by atoms with Gasteiger partial charge in [0.25, 0.3) is 0 Å². The summed E-state index contributed by atoms with van der Waals surface area (Å²) >= 11 is 1.41. The average Bonchev–Trinajstić information content (AvgIpc) is 2.88. The Balaban J connectivity index is 1.78. The van der Waals surface area contributed by atoms with Crippen LogP contribution >= 0.6 is 11.8 Å². The van der Waals surface area contributed by atoms with Crippen LogP contribution < -0.4 is 10.1 Å². The van der Waals surface area contributed by atoms with Crippen LogP contribution in [-0.4, -0.2) is 33.3 Å². The number of nitrogens with zero attached hydrogens (tertiary/aromatic N) is 3. The summed E-state index contributed by atoms with van der Waals surface area (Å²) < 4.78 is 6.91. The molecule has 0 aliphatic rings. The number of pyridine rings is 1. The maximum Gasteiger partial charge on any atom is 0.230 e. The quantitative estimate of drug-likeness (QED) is 0.811. The zero-order valence-corrected chi connectivity index (χ0v) is 12.2. The number of ether oxygens (including phenoxy) is 1. The molecular weight excluding hydrogens is 276 g/mol. The fraction of sp³-hybridized carbons (Fsp3) is 0.308. The molecule has 1 amide bonds. The van der Waals surface area contributed by atoms with Crippen molar-refractivity contribution in [2.45, 2.75) is 11.7 Å². The predicted octanol–water partition coefficient (Wildman–Crippen LogP) is 1.23. The van der Waals surface area contributed by atoms with Crippen molar-refractivity contribution in [3.63, 3.8) is 0 Å².